The molecule has 0 spiro atoms. The number of carbonyl (C=O) groups excluding carboxylic acids is 1. The number of ether oxygens (including phenoxy) is 1. The molecule has 1 aliphatic heterocycles. The highest BCUT2D eigenvalue weighted by Crippen LogP contribution is 2.45. The Bertz CT molecular complexity index is 1050. The van der Waals surface area contributed by atoms with Crippen LogP contribution in [-0.4, -0.2) is 60.2 Å². The molecule has 0 aromatic carbocycles. The van der Waals surface area contributed by atoms with Crippen LogP contribution in [0.3, 0.4) is 0 Å². The first-order chi connectivity index (χ1) is 15.4. The summed E-state index contributed by atoms with van der Waals surface area (Å²) in [5.41, 5.74) is 3.15. The Labute approximate surface area is 197 Å². The highest BCUT2D eigenvalue weighted by molar-refractivity contribution is 6.32. The van der Waals surface area contributed by atoms with Crippen molar-refractivity contribution in [3.05, 3.63) is 39.8 Å². The van der Waals surface area contributed by atoms with E-state index in [0.717, 1.165) is 29.7 Å². The molecule has 1 amide bonds. The van der Waals surface area contributed by atoms with Gasteiger partial charge in [-0.05, 0) is 43.5 Å². The van der Waals surface area contributed by atoms with Crippen LogP contribution in [0.2, 0.25) is 10.3 Å². The zero-order valence-corrected chi connectivity index (χ0v) is 19.7. The molecule has 1 atom stereocenters. The quantitative estimate of drug-likeness (QED) is 0.582. The Morgan fingerprint density at radius 2 is 1.94 bits per heavy atom. The summed E-state index contributed by atoms with van der Waals surface area (Å²) in [4.78, 5) is 25.5. The van der Waals surface area contributed by atoms with E-state index in [4.69, 9.17) is 32.9 Å². The molecular formula is C23H25Cl2N5O2. The monoisotopic (exact) mass is 473 g/mol. The summed E-state index contributed by atoms with van der Waals surface area (Å²) in [5, 5.41) is 10.5. The Balaban J connectivity index is 1.65. The van der Waals surface area contributed by atoms with Gasteiger partial charge in [-0.1, -0.05) is 23.2 Å². The lowest BCUT2D eigenvalue weighted by molar-refractivity contribution is -0.134. The molecule has 1 saturated heterocycles. The van der Waals surface area contributed by atoms with Gasteiger partial charge in [0.2, 0.25) is 5.91 Å². The smallest absolute Gasteiger partial charge is 0.225 e. The molecule has 3 heterocycles. The molecule has 1 saturated carbocycles. The SMILES string of the molecule is COCCC(=O)N1CCN(c2nc(C3CC3)c(-c3cc(Cl)nc(Cl)c3)cc2C#N)C[C@H]1C. The lowest BCUT2D eigenvalue weighted by Crippen LogP contribution is -2.54. The predicted octanol–water partition coefficient (Wildman–Crippen LogP) is 4.27. The van der Waals surface area contributed by atoms with Crippen LogP contribution in [0, 0.1) is 11.3 Å². The Morgan fingerprint density at radius 3 is 2.53 bits per heavy atom. The minimum absolute atomic E-state index is 0.0170. The fourth-order valence-corrected chi connectivity index (χ4v) is 4.67. The van der Waals surface area contributed by atoms with Gasteiger partial charge in [0.05, 0.1) is 24.3 Å². The zero-order valence-electron chi connectivity index (χ0n) is 18.1. The molecule has 7 nitrogen and oxygen atoms in total. The number of aromatic nitrogens is 2. The first-order valence-electron chi connectivity index (χ1n) is 10.7. The summed E-state index contributed by atoms with van der Waals surface area (Å²) in [7, 11) is 1.60. The van der Waals surface area contributed by atoms with E-state index in [1.165, 1.54) is 0 Å². The molecule has 2 fully saturated rings. The van der Waals surface area contributed by atoms with Gasteiger partial charge in [-0.3, -0.25) is 4.79 Å². The van der Waals surface area contributed by atoms with Crippen LogP contribution in [0.1, 0.15) is 43.4 Å². The number of amides is 1. The van der Waals surface area contributed by atoms with Crippen molar-refractivity contribution in [2.75, 3.05) is 38.3 Å². The van der Waals surface area contributed by atoms with Gasteiger partial charge < -0.3 is 14.5 Å². The molecule has 2 aromatic heterocycles. The predicted molar refractivity (Wildman–Crippen MR) is 124 cm³/mol. The number of nitrogens with zero attached hydrogens (tertiary/aromatic N) is 5. The van der Waals surface area contributed by atoms with Crippen molar-refractivity contribution in [3.8, 4) is 17.2 Å². The van der Waals surface area contributed by atoms with Crippen molar-refractivity contribution in [1.29, 1.82) is 5.26 Å². The molecule has 2 aromatic rings. The van der Waals surface area contributed by atoms with Gasteiger partial charge >= 0.3 is 0 Å². The number of pyridine rings is 2. The Hall–Kier alpha value is -2.40. The van der Waals surface area contributed by atoms with Gasteiger partial charge in [0.1, 0.15) is 22.2 Å². The molecule has 0 N–H and O–H groups in total. The molecule has 1 aliphatic carbocycles. The molecule has 4 rings (SSSR count). The summed E-state index contributed by atoms with van der Waals surface area (Å²) in [6, 6.07) is 7.72. The standard InChI is InChI=1S/C23H25Cl2N5O2/c1-14-13-29(6-7-30(14)21(31)5-8-32-2)23-17(12-26)9-18(22(28-23)15-3-4-15)16-10-19(24)27-20(25)11-16/h9-11,14-15H,3-8,13H2,1-2H3/t14-/m1/s1. The van der Waals surface area contributed by atoms with E-state index < -0.39 is 0 Å². The average molecular weight is 474 g/mol. The molecule has 9 heteroatoms. The number of methoxy groups -OCH3 is 1. The maximum absolute atomic E-state index is 12.5. The van der Waals surface area contributed by atoms with Crippen LogP contribution < -0.4 is 4.90 Å². The van der Waals surface area contributed by atoms with Crippen molar-refractivity contribution in [3.63, 3.8) is 0 Å². The van der Waals surface area contributed by atoms with E-state index in [1.54, 1.807) is 19.2 Å². The summed E-state index contributed by atoms with van der Waals surface area (Å²) < 4.78 is 5.04. The third-order valence-electron chi connectivity index (χ3n) is 5.96. The van der Waals surface area contributed by atoms with E-state index in [0.29, 0.717) is 60.3 Å². The van der Waals surface area contributed by atoms with Gasteiger partial charge in [-0.15, -0.1) is 0 Å². The number of anilines is 1. The highest BCUT2D eigenvalue weighted by atomic mass is 35.5. The molecule has 168 valence electrons. The number of halogens is 2. The first-order valence-corrected chi connectivity index (χ1v) is 11.5. The Morgan fingerprint density at radius 1 is 1.22 bits per heavy atom. The Kier molecular flexibility index (Phi) is 6.85. The van der Waals surface area contributed by atoms with Crippen LogP contribution in [0.25, 0.3) is 11.1 Å². The van der Waals surface area contributed by atoms with Crippen LogP contribution in [0.4, 0.5) is 5.82 Å². The number of nitriles is 1. The second-order valence-electron chi connectivity index (χ2n) is 8.30. The maximum Gasteiger partial charge on any atom is 0.225 e. The van der Waals surface area contributed by atoms with Crippen molar-refractivity contribution < 1.29 is 9.53 Å². The number of rotatable bonds is 6. The van der Waals surface area contributed by atoms with Crippen molar-refractivity contribution in [2.45, 2.75) is 38.1 Å². The number of hydrogen-bond donors (Lipinski definition) is 0. The number of hydrogen-bond acceptors (Lipinski definition) is 6. The molecule has 0 radical (unpaired) electrons. The van der Waals surface area contributed by atoms with E-state index in [-0.39, 0.29) is 11.9 Å². The second kappa shape index (κ2) is 9.62. The molecule has 2 aliphatic rings. The normalized spacial score (nSPS) is 18.5. The summed E-state index contributed by atoms with van der Waals surface area (Å²) in [6.07, 6.45) is 2.51. The largest absolute Gasteiger partial charge is 0.384 e. The van der Waals surface area contributed by atoms with Gasteiger partial charge in [-0.2, -0.15) is 5.26 Å². The van der Waals surface area contributed by atoms with Crippen molar-refractivity contribution in [1.82, 2.24) is 14.9 Å². The fourth-order valence-electron chi connectivity index (χ4n) is 4.21. The minimum atomic E-state index is 0.0170. The van der Waals surface area contributed by atoms with Gasteiger partial charge in [0.25, 0.3) is 0 Å². The van der Waals surface area contributed by atoms with Gasteiger partial charge in [0, 0.05) is 44.3 Å². The molecular weight excluding hydrogens is 449 g/mol. The average Bonchev–Trinajstić information content (AvgIpc) is 3.61. The van der Waals surface area contributed by atoms with Gasteiger partial charge in [-0.25, -0.2) is 9.97 Å². The first kappa shape index (κ1) is 22.8. The third kappa shape index (κ3) is 4.83. The van der Waals surface area contributed by atoms with Crippen LogP contribution >= 0.6 is 23.2 Å². The van der Waals surface area contributed by atoms with Crippen LogP contribution in [-0.2, 0) is 9.53 Å². The minimum Gasteiger partial charge on any atom is -0.384 e. The van der Waals surface area contributed by atoms with E-state index in [9.17, 15) is 10.1 Å². The molecule has 0 bridgehead atoms. The van der Waals surface area contributed by atoms with Gasteiger partial charge in [0.15, 0.2) is 0 Å². The number of carbonyl (C=O) groups is 1. The molecule has 32 heavy (non-hydrogen) atoms. The maximum atomic E-state index is 12.5. The van der Waals surface area contributed by atoms with E-state index in [1.807, 2.05) is 17.9 Å². The highest BCUT2D eigenvalue weighted by Gasteiger charge is 2.33. The van der Waals surface area contributed by atoms with Crippen LogP contribution in [0.15, 0.2) is 18.2 Å². The topological polar surface area (TPSA) is 82.3 Å². The summed E-state index contributed by atoms with van der Waals surface area (Å²) in [6.45, 7) is 4.28. The van der Waals surface area contributed by atoms with Crippen molar-refractivity contribution >= 4 is 34.9 Å². The molecule has 0 unspecified atom stereocenters. The van der Waals surface area contributed by atoms with E-state index in [2.05, 4.69) is 16.0 Å². The zero-order chi connectivity index (χ0) is 22.8. The number of piperazine rings is 1. The van der Waals surface area contributed by atoms with Crippen molar-refractivity contribution in [2.24, 2.45) is 0 Å². The third-order valence-corrected chi connectivity index (χ3v) is 6.34. The van der Waals surface area contributed by atoms with E-state index >= 15 is 0 Å². The fraction of sp³-hybridized carbons (Fsp3) is 0.478. The lowest BCUT2D eigenvalue weighted by Gasteiger charge is -2.41. The lowest BCUT2D eigenvalue weighted by atomic mass is 9.99. The summed E-state index contributed by atoms with van der Waals surface area (Å²) in [5.74, 6) is 1.13. The van der Waals surface area contributed by atoms with Crippen LogP contribution in [0.5, 0.6) is 0 Å². The summed E-state index contributed by atoms with van der Waals surface area (Å²) >= 11 is 12.3. The second-order valence-corrected chi connectivity index (χ2v) is 9.08.